The Hall–Kier alpha value is -3.49. The average molecular weight is 398 g/mol. The molecule has 154 valence electrons. The smallest absolute Gasteiger partial charge is 0.420 e. The zero-order valence-electron chi connectivity index (χ0n) is 17.3. The van der Waals surface area contributed by atoms with Gasteiger partial charge in [0, 0.05) is 11.6 Å². The molecule has 3 rings (SSSR count). The zero-order chi connectivity index (χ0) is 21.3. The van der Waals surface area contributed by atoms with Crippen molar-refractivity contribution in [3.63, 3.8) is 0 Å². The molecular formula is C20H26N6O3. The number of anilines is 4. The molecule has 0 bridgehead atoms. The number of carbonyl (C=O) groups excluding carboxylic acids is 1. The van der Waals surface area contributed by atoms with Crippen LogP contribution in [0.5, 0.6) is 5.75 Å². The maximum atomic E-state index is 13.2. The lowest BCUT2D eigenvalue weighted by Crippen LogP contribution is -2.35. The van der Waals surface area contributed by atoms with Gasteiger partial charge in [0.15, 0.2) is 11.5 Å². The first-order valence-corrected chi connectivity index (χ1v) is 9.27. The fourth-order valence-corrected chi connectivity index (χ4v) is 2.87. The van der Waals surface area contributed by atoms with E-state index in [9.17, 15) is 4.79 Å². The van der Waals surface area contributed by atoms with Crippen molar-refractivity contribution in [3.05, 3.63) is 36.0 Å². The van der Waals surface area contributed by atoms with Gasteiger partial charge in [-0.1, -0.05) is 0 Å². The summed E-state index contributed by atoms with van der Waals surface area (Å²) in [4.78, 5) is 19.0. The average Bonchev–Trinajstić information content (AvgIpc) is 3.07. The quantitative estimate of drug-likeness (QED) is 0.643. The second-order valence-corrected chi connectivity index (χ2v) is 7.52. The van der Waals surface area contributed by atoms with Crippen molar-refractivity contribution in [2.45, 2.75) is 40.2 Å². The van der Waals surface area contributed by atoms with Crippen LogP contribution in [0.15, 0.2) is 30.5 Å². The molecule has 4 N–H and O–H groups in total. The normalized spacial score (nSPS) is 11.5. The number of amides is 1. The largest absolute Gasteiger partial charge is 0.492 e. The first-order valence-electron chi connectivity index (χ1n) is 9.27. The molecule has 0 unspecified atom stereocenters. The van der Waals surface area contributed by atoms with Gasteiger partial charge in [-0.15, -0.1) is 0 Å². The van der Waals surface area contributed by atoms with Crippen LogP contribution in [-0.2, 0) is 4.74 Å². The summed E-state index contributed by atoms with van der Waals surface area (Å²) in [6.07, 6.45) is 0.997. The molecule has 0 atom stereocenters. The molecule has 0 aliphatic rings. The molecule has 1 aromatic carbocycles. The summed E-state index contributed by atoms with van der Waals surface area (Å²) in [5, 5.41) is 4.31. The summed E-state index contributed by atoms with van der Waals surface area (Å²) >= 11 is 0. The molecule has 1 amide bonds. The third-order valence-electron chi connectivity index (χ3n) is 4.12. The Morgan fingerprint density at radius 1 is 1.24 bits per heavy atom. The van der Waals surface area contributed by atoms with Crippen molar-refractivity contribution < 1.29 is 14.3 Å². The number of ether oxygens (including phenoxy) is 2. The minimum absolute atomic E-state index is 0.292. The van der Waals surface area contributed by atoms with Gasteiger partial charge in [0.05, 0.1) is 24.2 Å². The van der Waals surface area contributed by atoms with Crippen molar-refractivity contribution in [3.8, 4) is 5.75 Å². The Balaban J connectivity index is 2.23. The molecule has 9 heteroatoms. The van der Waals surface area contributed by atoms with E-state index in [0.717, 1.165) is 0 Å². The SMILES string of the molecule is CCOc1ccc(N(C(=O)OC(C)(C)C)c2c(C)c(N)nc3ccnn23)cc1N. The number of fused-ring (bicyclic) bond motifs is 1. The number of hydrogen-bond acceptors (Lipinski definition) is 7. The van der Waals surface area contributed by atoms with E-state index in [2.05, 4.69) is 10.1 Å². The van der Waals surface area contributed by atoms with Crippen molar-refractivity contribution in [1.29, 1.82) is 0 Å². The molecule has 0 saturated carbocycles. The molecule has 0 aliphatic carbocycles. The number of nitrogens with two attached hydrogens (primary N) is 2. The predicted octanol–water partition coefficient (Wildman–Crippen LogP) is 3.67. The first kappa shape index (κ1) is 20.2. The van der Waals surface area contributed by atoms with Gasteiger partial charge in [-0.05, 0) is 52.8 Å². The Labute approximate surface area is 169 Å². The molecule has 2 heterocycles. The highest BCUT2D eigenvalue weighted by atomic mass is 16.6. The third kappa shape index (κ3) is 4.03. The van der Waals surface area contributed by atoms with Crippen molar-refractivity contribution in [2.24, 2.45) is 0 Å². The molecule has 29 heavy (non-hydrogen) atoms. The second kappa shape index (κ2) is 7.50. The van der Waals surface area contributed by atoms with Gasteiger partial charge in [-0.25, -0.2) is 14.7 Å². The summed E-state index contributed by atoms with van der Waals surface area (Å²) in [5.41, 5.74) is 13.5. The van der Waals surface area contributed by atoms with E-state index < -0.39 is 11.7 Å². The standard InChI is InChI=1S/C20H26N6O3/c1-6-28-15-8-7-13(11-14(15)21)25(19(27)29-20(3,4)5)18-12(2)17(22)24-16-9-10-23-26(16)18/h7-11H,6,21H2,1-5H3,(H2,22,24). The Kier molecular flexibility index (Phi) is 5.23. The Bertz CT molecular complexity index is 1050. The number of nitrogen functional groups attached to an aromatic ring is 2. The molecule has 0 spiro atoms. The number of nitrogens with zero attached hydrogens (tertiary/aromatic N) is 4. The van der Waals surface area contributed by atoms with Crippen LogP contribution in [0.1, 0.15) is 33.3 Å². The summed E-state index contributed by atoms with van der Waals surface area (Å²) in [6.45, 7) is 9.52. The molecule has 9 nitrogen and oxygen atoms in total. The maximum absolute atomic E-state index is 13.2. The fourth-order valence-electron chi connectivity index (χ4n) is 2.87. The van der Waals surface area contributed by atoms with Gasteiger partial charge in [0.25, 0.3) is 0 Å². The minimum Gasteiger partial charge on any atom is -0.492 e. The Morgan fingerprint density at radius 2 is 1.97 bits per heavy atom. The van der Waals surface area contributed by atoms with E-state index in [4.69, 9.17) is 20.9 Å². The van der Waals surface area contributed by atoms with Gasteiger partial charge in [-0.3, -0.25) is 0 Å². The van der Waals surface area contributed by atoms with Gasteiger partial charge < -0.3 is 20.9 Å². The minimum atomic E-state index is -0.706. The number of benzene rings is 1. The van der Waals surface area contributed by atoms with E-state index >= 15 is 0 Å². The van der Waals surface area contributed by atoms with Crippen LogP contribution in [0.25, 0.3) is 5.65 Å². The number of aromatic nitrogens is 3. The lowest BCUT2D eigenvalue weighted by Gasteiger charge is -2.29. The highest BCUT2D eigenvalue weighted by Gasteiger charge is 2.29. The number of rotatable bonds is 4. The van der Waals surface area contributed by atoms with Crippen LogP contribution in [-0.4, -0.2) is 32.9 Å². The summed E-state index contributed by atoms with van der Waals surface area (Å²) in [6, 6.07) is 6.81. The number of hydrogen-bond donors (Lipinski definition) is 2. The van der Waals surface area contributed by atoms with Crippen molar-refractivity contribution >= 4 is 34.8 Å². The maximum Gasteiger partial charge on any atom is 0.420 e. The van der Waals surface area contributed by atoms with Gasteiger partial charge >= 0.3 is 6.09 Å². The molecule has 3 aromatic rings. The highest BCUT2D eigenvalue weighted by molar-refractivity contribution is 5.97. The molecule has 2 aromatic heterocycles. The molecule has 0 fully saturated rings. The van der Waals surface area contributed by atoms with Crippen LogP contribution in [0, 0.1) is 6.92 Å². The first-order chi connectivity index (χ1) is 13.6. The van der Waals surface area contributed by atoms with E-state index in [1.807, 2.05) is 6.92 Å². The predicted molar refractivity (Wildman–Crippen MR) is 113 cm³/mol. The fraction of sp³-hybridized carbons (Fsp3) is 0.350. The van der Waals surface area contributed by atoms with Crippen molar-refractivity contribution in [2.75, 3.05) is 23.0 Å². The zero-order valence-corrected chi connectivity index (χ0v) is 17.3. The lowest BCUT2D eigenvalue weighted by molar-refractivity contribution is 0.0597. The van der Waals surface area contributed by atoms with E-state index in [0.29, 0.717) is 46.6 Å². The van der Waals surface area contributed by atoms with E-state index in [1.165, 1.54) is 4.90 Å². The van der Waals surface area contributed by atoms with Crippen molar-refractivity contribution in [1.82, 2.24) is 14.6 Å². The lowest BCUT2D eigenvalue weighted by atomic mass is 10.2. The van der Waals surface area contributed by atoms with E-state index in [-0.39, 0.29) is 0 Å². The van der Waals surface area contributed by atoms with Gasteiger partial charge in [0.1, 0.15) is 17.2 Å². The summed E-state index contributed by atoms with van der Waals surface area (Å²) in [5.74, 6) is 1.26. The van der Waals surface area contributed by atoms with Crippen LogP contribution >= 0.6 is 0 Å². The van der Waals surface area contributed by atoms with Crippen LogP contribution < -0.4 is 21.1 Å². The highest BCUT2D eigenvalue weighted by Crippen LogP contribution is 2.35. The second-order valence-electron chi connectivity index (χ2n) is 7.52. The molecule has 0 aliphatic heterocycles. The van der Waals surface area contributed by atoms with Gasteiger partial charge in [-0.2, -0.15) is 9.61 Å². The van der Waals surface area contributed by atoms with Crippen LogP contribution in [0.2, 0.25) is 0 Å². The van der Waals surface area contributed by atoms with Gasteiger partial charge in [0.2, 0.25) is 0 Å². The monoisotopic (exact) mass is 398 g/mol. The summed E-state index contributed by atoms with van der Waals surface area (Å²) < 4.78 is 12.7. The van der Waals surface area contributed by atoms with Crippen LogP contribution in [0.3, 0.4) is 0 Å². The third-order valence-corrected chi connectivity index (χ3v) is 4.12. The topological polar surface area (TPSA) is 121 Å². The van der Waals surface area contributed by atoms with Crippen LogP contribution in [0.4, 0.5) is 27.8 Å². The molecular weight excluding hydrogens is 372 g/mol. The molecule has 0 saturated heterocycles. The number of carbonyl (C=O) groups is 1. The Morgan fingerprint density at radius 3 is 2.59 bits per heavy atom. The molecule has 0 radical (unpaired) electrons. The van der Waals surface area contributed by atoms with E-state index in [1.54, 1.807) is 62.7 Å². The summed E-state index contributed by atoms with van der Waals surface area (Å²) in [7, 11) is 0.